The summed E-state index contributed by atoms with van der Waals surface area (Å²) in [4.78, 5) is 11.2. The maximum absolute atomic E-state index is 12.3. The van der Waals surface area contributed by atoms with E-state index in [2.05, 4.69) is 22.3 Å². The van der Waals surface area contributed by atoms with E-state index >= 15 is 0 Å². The molecule has 3 N–H and O–H groups in total. The first kappa shape index (κ1) is 19.9. The van der Waals surface area contributed by atoms with Crippen LogP contribution in [0.4, 0.5) is 5.69 Å². The Balaban J connectivity index is 0.00000264. The van der Waals surface area contributed by atoms with Crippen molar-refractivity contribution in [2.75, 3.05) is 25.0 Å². The number of piperidine rings is 1. The van der Waals surface area contributed by atoms with Crippen LogP contribution in [0.15, 0.2) is 29.2 Å². The van der Waals surface area contributed by atoms with Crippen LogP contribution in [0, 0.1) is 5.41 Å². The lowest BCUT2D eigenvalue weighted by atomic mass is 9.83. The van der Waals surface area contributed by atoms with Crippen molar-refractivity contribution in [2.24, 2.45) is 5.41 Å². The van der Waals surface area contributed by atoms with Gasteiger partial charge in [0.1, 0.15) is 0 Å². The highest BCUT2D eigenvalue weighted by molar-refractivity contribution is 7.89. The van der Waals surface area contributed by atoms with Gasteiger partial charge in [-0.15, -0.1) is 12.4 Å². The molecule has 1 unspecified atom stereocenters. The number of sulfonamides is 1. The van der Waals surface area contributed by atoms with Crippen LogP contribution in [0.1, 0.15) is 26.7 Å². The number of anilines is 1. The van der Waals surface area contributed by atoms with Gasteiger partial charge in [-0.05, 0) is 49.1 Å². The van der Waals surface area contributed by atoms with Crippen molar-refractivity contribution in [3.8, 4) is 0 Å². The lowest BCUT2D eigenvalue weighted by Crippen LogP contribution is -2.45. The van der Waals surface area contributed by atoms with Gasteiger partial charge in [-0.25, -0.2) is 13.1 Å². The second-order valence-corrected chi connectivity index (χ2v) is 7.89. The zero-order valence-electron chi connectivity index (χ0n) is 13.4. The third-order valence-corrected chi connectivity index (χ3v) is 5.28. The quantitative estimate of drug-likeness (QED) is 0.745. The van der Waals surface area contributed by atoms with Gasteiger partial charge in [0, 0.05) is 25.7 Å². The molecule has 1 aliphatic heterocycles. The average Bonchev–Trinajstić information content (AvgIpc) is 2.46. The Morgan fingerprint density at radius 2 is 1.96 bits per heavy atom. The highest BCUT2D eigenvalue weighted by Gasteiger charge is 2.28. The van der Waals surface area contributed by atoms with Crippen LogP contribution in [0.3, 0.4) is 0 Å². The summed E-state index contributed by atoms with van der Waals surface area (Å²) >= 11 is 0. The van der Waals surface area contributed by atoms with Gasteiger partial charge in [0.25, 0.3) is 0 Å². The molecule has 1 aromatic rings. The summed E-state index contributed by atoms with van der Waals surface area (Å²) in [6, 6.07) is 6.16. The SMILES string of the molecule is CC(=O)Nc1ccc(S(=O)(=O)NCC2(C)CCCNC2)cc1.Cl. The smallest absolute Gasteiger partial charge is 0.240 e. The summed E-state index contributed by atoms with van der Waals surface area (Å²) in [6.45, 7) is 5.71. The zero-order valence-corrected chi connectivity index (χ0v) is 15.0. The second kappa shape index (κ2) is 8.10. The van der Waals surface area contributed by atoms with E-state index in [4.69, 9.17) is 0 Å². The minimum Gasteiger partial charge on any atom is -0.326 e. The topological polar surface area (TPSA) is 87.3 Å². The molecule has 0 radical (unpaired) electrons. The van der Waals surface area contributed by atoms with Gasteiger partial charge in [0.15, 0.2) is 0 Å². The summed E-state index contributed by atoms with van der Waals surface area (Å²) in [7, 11) is -3.53. The first-order chi connectivity index (χ1) is 10.3. The van der Waals surface area contributed by atoms with E-state index in [1.54, 1.807) is 12.1 Å². The molecule has 2 rings (SSSR count). The van der Waals surface area contributed by atoms with Crippen molar-refractivity contribution in [2.45, 2.75) is 31.6 Å². The van der Waals surface area contributed by atoms with Gasteiger partial charge in [-0.1, -0.05) is 6.92 Å². The van der Waals surface area contributed by atoms with E-state index in [1.165, 1.54) is 19.1 Å². The summed E-state index contributed by atoms with van der Waals surface area (Å²) < 4.78 is 27.4. The lowest BCUT2D eigenvalue weighted by Gasteiger charge is -2.34. The molecule has 1 aromatic carbocycles. The van der Waals surface area contributed by atoms with Gasteiger partial charge in [-0.3, -0.25) is 4.79 Å². The minimum absolute atomic E-state index is 0. The third-order valence-electron chi connectivity index (χ3n) is 3.86. The minimum atomic E-state index is -3.53. The molecule has 0 saturated carbocycles. The maximum Gasteiger partial charge on any atom is 0.240 e. The van der Waals surface area contributed by atoms with E-state index in [-0.39, 0.29) is 28.6 Å². The largest absolute Gasteiger partial charge is 0.326 e. The number of carbonyl (C=O) groups is 1. The third kappa shape index (κ3) is 5.76. The van der Waals surface area contributed by atoms with Gasteiger partial charge in [0.05, 0.1) is 4.90 Å². The number of nitrogens with one attached hydrogen (secondary N) is 3. The summed E-state index contributed by atoms with van der Waals surface area (Å²) in [6.07, 6.45) is 2.06. The molecule has 130 valence electrons. The average molecular weight is 362 g/mol. The van der Waals surface area contributed by atoms with E-state index in [9.17, 15) is 13.2 Å². The Morgan fingerprint density at radius 1 is 1.30 bits per heavy atom. The number of hydrogen-bond acceptors (Lipinski definition) is 4. The van der Waals surface area contributed by atoms with Crippen molar-refractivity contribution in [3.63, 3.8) is 0 Å². The number of carbonyl (C=O) groups excluding carboxylic acids is 1. The monoisotopic (exact) mass is 361 g/mol. The molecule has 1 saturated heterocycles. The van der Waals surface area contributed by atoms with E-state index < -0.39 is 10.0 Å². The first-order valence-corrected chi connectivity index (χ1v) is 8.87. The molecule has 23 heavy (non-hydrogen) atoms. The molecule has 0 bridgehead atoms. The van der Waals surface area contributed by atoms with Crippen LogP contribution in [0.5, 0.6) is 0 Å². The normalized spacial score (nSPS) is 21.3. The Kier molecular flexibility index (Phi) is 7.01. The van der Waals surface area contributed by atoms with Gasteiger partial charge in [-0.2, -0.15) is 0 Å². The molecular weight excluding hydrogens is 338 g/mol. The molecule has 6 nitrogen and oxygen atoms in total. The molecule has 1 fully saturated rings. The second-order valence-electron chi connectivity index (χ2n) is 6.12. The van der Waals surface area contributed by atoms with Gasteiger partial charge in [0.2, 0.25) is 15.9 Å². The number of hydrogen-bond donors (Lipinski definition) is 3. The summed E-state index contributed by atoms with van der Waals surface area (Å²) in [5.41, 5.74) is 0.524. The number of amides is 1. The Bertz CT molecular complexity index is 626. The van der Waals surface area contributed by atoms with E-state index in [1.807, 2.05) is 0 Å². The standard InChI is InChI=1S/C15H23N3O3S.ClH/c1-12(19)18-13-4-6-14(7-5-13)22(20,21)17-11-15(2)8-3-9-16-10-15;/h4-7,16-17H,3,8-11H2,1-2H3,(H,18,19);1H. The Morgan fingerprint density at radius 3 is 2.48 bits per heavy atom. The molecule has 8 heteroatoms. The fraction of sp³-hybridized carbons (Fsp3) is 0.533. The fourth-order valence-electron chi connectivity index (χ4n) is 2.54. The van der Waals surface area contributed by atoms with Crippen LogP contribution in [0.25, 0.3) is 0 Å². The van der Waals surface area contributed by atoms with Gasteiger partial charge >= 0.3 is 0 Å². The van der Waals surface area contributed by atoms with Crippen molar-refractivity contribution in [1.29, 1.82) is 0 Å². The van der Waals surface area contributed by atoms with Crippen LogP contribution < -0.4 is 15.4 Å². The predicted octanol–water partition coefficient (Wildman–Crippen LogP) is 1.73. The summed E-state index contributed by atoms with van der Waals surface area (Å²) in [5, 5.41) is 5.91. The molecular formula is C15H24ClN3O3S. The van der Waals surface area contributed by atoms with Crippen molar-refractivity contribution in [1.82, 2.24) is 10.0 Å². The van der Waals surface area contributed by atoms with E-state index in [0.717, 1.165) is 25.9 Å². The molecule has 1 atom stereocenters. The molecule has 1 aliphatic rings. The molecule has 1 amide bonds. The molecule has 0 aliphatic carbocycles. The Labute approximate surface area is 143 Å². The fourth-order valence-corrected chi connectivity index (χ4v) is 3.74. The van der Waals surface area contributed by atoms with Gasteiger partial charge < -0.3 is 10.6 Å². The van der Waals surface area contributed by atoms with Crippen molar-refractivity contribution in [3.05, 3.63) is 24.3 Å². The van der Waals surface area contributed by atoms with Crippen molar-refractivity contribution >= 4 is 34.0 Å². The highest BCUT2D eigenvalue weighted by atomic mass is 35.5. The molecule has 0 aromatic heterocycles. The van der Waals surface area contributed by atoms with Crippen LogP contribution >= 0.6 is 12.4 Å². The van der Waals surface area contributed by atoms with Crippen molar-refractivity contribution < 1.29 is 13.2 Å². The Hall–Kier alpha value is -1.15. The number of rotatable bonds is 5. The maximum atomic E-state index is 12.3. The van der Waals surface area contributed by atoms with Crippen LogP contribution in [-0.4, -0.2) is 34.0 Å². The first-order valence-electron chi connectivity index (χ1n) is 7.39. The number of benzene rings is 1. The van der Waals surface area contributed by atoms with E-state index in [0.29, 0.717) is 12.2 Å². The lowest BCUT2D eigenvalue weighted by molar-refractivity contribution is -0.114. The van der Waals surface area contributed by atoms with Crippen LogP contribution in [0.2, 0.25) is 0 Å². The zero-order chi connectivity index (χ0) is 16.2. The molecule has 1 heterocycles. The predicted molar refractivity (Wildman–Crippen MR) is 93.4 cm³/mol. The number of halogens is 1. The molecule has 0 spiro atoms. The highest BCUT2D eigenvalue weighted by Crippen LogP contribution is 2.25. The van der Waals surface area contributed by atoms with Crippen LogP contribution in [-0.2, 0) is 14.8 Å². The summed E-state index contributed by atoms with van der Waals surface area (Å²) in [5.74, 6) is -0.188.